The van der Waals surface area contributed by atoms with E-state index in [9.17, 15) is 4.79 Å². The fraction of sp³-hybridized carbons (Fsp3) is 0.125. The van der Waals surface area contributed by atoms with Gasteiger partial charge >= 0.3 is 5.97 Å². The van der Waals surface area contributed by atoms with Crippen molar-refractivity contribution < 1.29 is 14.3 Å². The summed E-state index contributed by atoms with van der Waals surface area (Å²) >= 11 is 0. The van der Waals surface area contributed by atoms with E-state index in [1.807, 2.05) is 78.9 Å². The SMILES string of the molecule is C=C(c1ccccc1)c1cc(CC(=O)OC)ccc1OCc1ccccc1. The van der Waals surface area contributed by atoms with Crippen molar-refractivity contribution in [3.63, 3.8) is 0 Å². The Bertz CT molecular complexity index is 915. The highest BCUT2D eigenvalue weighted by molar-refractivity contribution is 5.82. The topological polar surface area (TPSA) is 35.5 Å². The molecule has 0 aliphatic rings. The molecule has 3 rings (SSSR count). The van der Waals surface area contributed by atoms with Crippen LogP contribution in [0, 0.1) is 0 Å². The van der Waals surface area contributed by atoms with Crippen molar-refractivity contribution in [2.24, 2.45) is 0 Å². The molecule has 3 heteroatoms. The van der Waals surface area contributed by atoms with Crippen LogP contribution < -0.4 is 4.74 Å². The summed E-state index contributed by atoms with van der Waals surface area (Å²) in [5.74, 6) is 0.463. The van der Waals surface area contributed by atoms with Crippen molar-refractivity contribution in [2.45, 2.75) is 13.0 Å². The van der Waals surface area contributed by atoms with E-state index in [2.05, 4.69) is 6.58 Å². The second-order valence-electron chi connectivity index (χ2n) is 6.20. The fourth-order valence-corrected chi connectivity index (χ4v) is 2.82. The number of methoxy groups -OCH3 is 1. The number of esters is 1. The zero-order valence-corrected chi connectivity index (χ0v) is 15.4. The zero-order chi connectivity index (χ0) is 19.1. The summed E-state index contributed by atoms with van der Waals surface area (Å²) in [7, 11) is 1.39. The standard InChI is InChI=1S/C24H22O3/c1-18(21-11-7-4-8-12-21)22-15-20(16-24(25)26-2)13-14-23(22)27-17-19-9-5-3-6-10-19/h3-15H,1,16-17H2,2H3. The van der Waals surface area contributed by atoms with Crippen LogP contribution in [0.25, 0.3) is 5.57 Å². The third-order valence-corrected chi connectivity index (χ3v) is 4.30. The maximum Gasteiger partial charge on any atom is 0.309 e. The summed E-state index contributed by atoms with van der Waals surface area (Å²) in [5.41, 5.74) is 4.69. The number of rotatable bonds is 7. The number of carbonyl (C=O) groups excluding carboxylic acids is 1. The minimum absolute atomic E-state index is 0.213. The van der Waals surface area contributed by atoms with Gasteiger partial charge in [-0.2, -0.15) is 0 Å². The Morgan fingerprint density at radius 2 is 1.56 bits per heavy atom. The van der Waals surface area contributed by atoms with E-state index in [1.165, 1.54) is 7.11 Å². The monoisotopic (exact) mass is 358 g/mol. The molecule has 0 saturated carbocycles. The van der Waals surface area contributed by atoms with Crippen LogP contribution >= 0.6 is 0 Å². The van der Waals surface area contributed by atoms with E-state index in [4.69, 9.17) is 9.47 Å². The molecule has 27 heavy (non-hydrogen) atoms. The van der Waals surface area contributed by atoms with Gasteiger partial charge in [0.15, 0.2) is 0 Å². The van der Waals surface area contributed by atoms with Gasteiger partial charge in [0.05, 0.1) is 13.5 Å². The maximum atomic E-state index is 11.7. The van der Waals surface area contributed by atoms with E-state index < -0.39 is 0 Å². The van der Waals surface area contributed by atoms with Gasteiger partial charge in [-0.05, 0) is 34.4 Å². The van der Waals surface area contributed by atoms with Gasteiger partial charge in [0.25, 0.3) is 0 Å². The molecule has 0 aliphatic carbocycles. The van der Waals surface area contributed by atoms with Gasteiger partial charge in [-0.25, -0.2) is 0 Å². The molecule has 0 unspecified atom stereocenters. The molecule has 136 valence electrons. The van der Waals surface area contributed by atoms with Crippen LogP contribution in [-0.2, 0) is 22.6 Å². The number of carbonyl (C=O) groups is 1. The third kappa shape index (κ3) is 4.85. The van der Waals surface area contributed by atoms with Crippen molar-refractivity contribution in [3.05, 3.63) is 108 Å². The van der Waals surface area contributed by atoms with Gasteiger partial charge in [-0.1, -0.05) is 73.3 Å². The molecule has 3 nitrogen and oxygen atoms in total. The Morgan fingerprint density at radius 3 is 2.22 bits per heavy atom. The van der Waals surface area contributed by atoms with Gasteiger partial charge in [-0.3, -0.25) is 4.79 Å². The third-order valence-electron chi connectivity index (χ3n) is 4.30. The van der Waals surface area contributed by atoms with Crippen LogP contribution in [0.4, 0.5) is 0 Å². The predicted octanol–water partition coefficient (Wildman–Crippen LogP) is 5.04. The van der Waals surface area contributed by atoms with E-state index in [0.29, 0.717) is 6.61 Å². The van der Waals surface area contributed by atoms with E-state index in [-0.39, 0.29) is 12.4 Å². The van der Waals surface area contributed by atoms with Crippen LogP contribution in [0.2, 0.25) is 0 Å². The lowest BCUT2D eigenvalue weighted by Crippen LogP contribution is -2.06. The van der Waals surface area contributed by atoms with Crippen molar-refractivity contribution in [1.29, 1.82) is 0 Å². The average molecular weight is 358 g/mol. The van der Waals surface area contributed by atoms with Crippen LogP contribution in [-0.4, -0.2) is 13.1 Å². The largest absolute Gasteiger partial charge is 0.488 e. The Balaban J connectivity index is 1.91. The molecule has 0 atom stereocenters. The highest BCUT2D eigenvalue weighted by Gasteiger charge is 2.13. The molecule has 0 aliphatic heterocycles. The lowest BCUT2D eigenvalue weighted by atomic mass is 9.96. The average Bonchev–Trinajstić information content (AvgIpc) is 2.73. The molecule has 0 spiro atoms. The van der Waals surface area contributed by atoms with Crippen LogP contribution in [0.1, 0.15) is 22.3 Å². The van der Waals surface area contributed by atoms with E-state index >= 15 is 0 Å². The molecule has 0 saturated heterocycles. The van der Waals surface area contributed by atoms with Crippen molar-refractivity contribution >= 4 is 11.5 Å². The number of benzene rings is 3. The Kier molecular flexibility index (Phi) is 6.06. The first-order valence-corrected chi connectivity index (χ1v) is 8.78. The molecule has 0 fully saturated rings. The fourth-order valence-electron chi connectivity index (χ4n) is 2.82. The highest BCUT2D eigenvalue weighted by Crippen LogP contribution is 2.31. The smallest absolute Gasteiger partial charge is 0.309 e. The number of hydrogen-bond donors (Lipinski definition) is 0. The maximum absolute atomic E-state index is 11.7. The number of ether oxygens (including phenoxy) is 2. The predicted molar refractivity (Wildman–Crippen MR) is 108 cm³/mol. The molecular weight excluding hydrogens is 336 g/mol. The molecule has 3 aromatic carbocycles. The minimum Gasteiger partial charge on any atom is -0.488 e. The quantitative estimate of drug-likeness (QED) is 0.555. The van der Waals surface area contributed by atoms with Gasteiger partial charge in [0.1, 0.15) is 12.4 Å². The normalized spacial score (nSPS) is 10.3. The van der Waals surface area contributed by atoms with Gasteiger partial charge < -0.3 is 9.47 Å². The van der Waals surface area contributed by atoms with Crippen LogP contribution in [0.3, 0.4) is 0 Å². The Labute approximate surface area is 159 Å². The van der Waals surface area contributed by atoms with Crippen molar-refractivity contribution in [1.82, 2.24) is 0 Å². The molecule has 0 N–H and O–H groups in total. The lowest BCUT2D eigenvalue weighted by Gasteiger charge is -2.15. The van der Waals surface area contributed by atoms with E-state index in [1.54, 1.807) is 0 Å². The Morgan fingerprint density at radius 1 is 0.889 bits per heavy atom. The summed E-state index contributed by atoms with van der Waals surface area (Å²) in [6.45, 7) is 4.72. The molecule has 0 amide bonds. The number of hydrogen-bond acceptors (Lipinski definition) is 3. The second kappa shape index (κ2) is 8.86. The van der Waals surface area contributed by atoms with Gasteiger partial charge in [0.2, 0.25) is 0 Å². The lowest BCUT2D eigenvalue weighted by molar-refractivity contribution is -0.139. The molecule has 3 aromatic rings. The first-order valence-electron chi connectivity index (χ1n) is 8.78. The summed E-state index contributed by atoms with van der Waals surface area (Å²) < 4.78 is 10.9. The summed E-state index contributed by atoms with van der Waals surface area (Å²) in [6.07, 6.45) is 0.213. The minimum atomic E-state index is -0.274. The summed E-state index contributed by atoms with van der Waals surface area (Å²) in [5, 5.41) is 0. The van der Waals surface area contributed by atoms with Crippen LogP contribution in [0.15, 0.2) is 85.4 Å². The van der Waals surface area contributed by atoms with Gasteiger partial charge in [-0.15, -0.1) is 0 Å². The zero-order valence-electron chi connectivity index (χ0n) is 15.4. The molecular formula is C24H22O3. The highest BCUT2D eigenvalue weighted by atomic mass is 16.5. The molecule has 0 bridgehead atoms. The molecule has 0 heterocycles. The van der Waals surface area contributed by atoms with E-state index in [0.717, 1.165) is 33.6 Å². The molecule has 0 aromatic heterocycles. The van der Waals surface area contributed by atoms with Gasteiger partial charge in [0, 0.05) is 5.56 Å². The van der Waals surface area contributed by atoms with Crippen LogP contribution in [0.5, 0.6) is 5.75 Å². The second-order valence-corrected chi connectivity index (χ2v) is 6.20. The molecule has 0 radical (unpaired) electrons. The Hall–Kier alpha value is -3.33. The van der Waals surface area contributed by atoms with Crippen molar-refractivity contribution in [3.8, 4) is 5.75 Å². The first-order chi connectivity index (χ1) is 13.2. The first kappa shape index (κ1) is 18.5. The van der Waals surface area contributed by atoms with Crippen molar-refractivity contribution in [2.75, 3.05) is 7.11 Å². The summed E-state index contributed by atoms with van der Waals surface area (Å²) in [4.78, 5) is 11.7. The summed E-state index contributed by atoms with van der Waals surface area (Å²) in [6, 6.07) is 25.7.